The zero-order chi connectivity index (χ0) is 13.8. The van der Waals surface area contributed by atoms with Crippen LogP contribution in [-0.2, 0) is 10.8 Å². The third-order valence-electron chi connectivity index (χ3n) is 2.90. The molecule has 0 saturated carbocycles. The minimum Gasteiger partial charge on any atom is -0.256 e. The third kappa shape index (κ3) is 2.65. The van der Waals surface area contributed by atoms with E-state index in [1.807, 2.05) is 42.5 Å². The van der Waals surface area contributed by atoms with Gasteiger partial charge in [0.15, 0.2) is 0 Å². The largest absolute Gasteiger partial charge is 0.256 e. The Hall–Kier alpha value is -2.33. The summed E-state index contributed by atoms with van der Waals surface area (Å²) < 4.78 is 12.1. The van der Waals surface area contributed by atoms with Crippen molar-refractivity contribution in [1.29, 1.82) is 0 Å². The van der Waals surface area contributed by atoms with Crippen LogP contribution in [-0.4, -0.2) is 14.2 Å². The van der Waals surface area contributed by atoms with Crippen LogP contribution in [0.5, 0.6) is 0 Å². The van der Waals surface area contributed by atoms with Crippen LogP contribution < -0.4 is 0 Å². The molecule has 1 aromatic carbocycles. The molecule has 0 spiro atoms. The molecule has 0 aliphatic heterocycles. The quantitative estimate of drug-likeness (QED) is 0.738. The molecule has 2 heterocycles. The first-order chi connectivity index (χ1) is 9.84. The van der Waals surface area contributed by atoms with Gasteiger partial charge in [0.1, 0.15) is 5.03 Å². The van der Waals surface area contributed by atoms with Crippen molar-refractivity contribution in [1.82, 2.24) is 9.97 Å². The van der Waals surface area contributed by atoms with Gasteiger partial charge < -0.3 is 0 Å². The standard InChI is InChI=1S/C16H12N2OS/c19-20(16-7-3-4-10-18-16)12-9-13-8-11-17-15-6-2-1-5-14(13)15/h1-12H/b12-9+. The molecule has 0 bridgehead atoms. The van der Waals surface area contributed by atoms with Crippen LogP contribution in [0.3, 0.4) is 0 Å². The summed E-state index contributed by atoms with van der Waals surface area (Å²) in [6.07, 6.45) is 5.25. The maximum atomic E-state index is 12.1. The van der Waals surface area contributed by atoms with Crippen LogP contribution in [0.4, 0.5) is 0 Å². The summed E-state index contributed by atoms with van der Waals surface area (Å²) in [6.45, 7) is 0. The fourth-order valence-corrected chi connectivity index (χ4v) is 2.72. The van der Waals surface area contributed by atoms with Gasteiger partial charge in [0.05, 0.1) is 16.3 Å². The van der Waals surface area contributed by atoms with Crippen molar-refractivity contribution in [3.05, 3.63) is 71.9 Å². The molecule has 2 aromatic heterocycles. The highest BCUT2D eigenvalue weighted by molar-refractivity contribution is 7.88. The molecule has 0 amide bonds. The Morgan fingerprint density at radius 1 is 0.900 bits per heavy atom. The van der Waals surface area contributed by atoms with Gasteiger partial charge in [-0.15, -0.1) is 0 Å². The van der Waals surface area contributed by atoms with Crippen molar-refractivity contribution in [2.75, 3.05) is 0 Å². The van der Waals surface area contributed by atoms with Crippen LogP contribution in [0.15, 0.2) is 71.4 Å². The summed E-state index contributed by atoms with van der Waals surface area (Å²) in [5, 5.41) is 3.26. The molecular weight excluding hydrogens is 268 g/mol. The molecule has 0 fully saturated rings. The maximum absolute atomic E-state index is 12.1. The molecule has 0 saturated heterocycles. The van der Waals surface area contributed by atoms with Gasteiger partial charge in [-0.25, -0.2) is 9.19 Å². The van der Waals surface area contributed by atoms with E-state index >= 15 is 0 Å². The second kappa shape index (κ2) is 5.75. The molecule has 0 N–H and O–H groups in total. The summed E-state index contributed by atoms with van der Waals surface area (Å²) in [4.78, 5) is 8.39. The van der Waals surface area contributed by atoms with Gasteiger partial charge in [0.2, 0.25) is 0 Å². The van der Waals surface area contributed by atoms with E-state index in [0.29, 0.717) is 5.03 Å². The van der Waals surface area contributed by atoms with Crippen LogP contribution >= 0.6 is 0 Å². The van der Waals surface area contributed by atoms with Crippen LogP contribution in [0.25, 0.3) is 17.0 Å². The highest BCUT2D eigenvalue weighted by atomic mass is 32.2. The SMILES string of the molecule is O=S(/C=C/c1ccnc2ccccc12)c1ccccn1. The second-order valence-corrected chi connectivity index (χ2v) is 5.47. The number of para-hydroxylation sites is 1. The summed E-state index contributed by atoms with van der Waals surface area (Å²) in [6, 6.07) is 15.2. The van der Waals surface area contributed by atoms with E-state index in [0.717, 1.165) is 16.5 Å². The Balaban J connectivity index is 1.94. The average Bonchev–Trinajstić information content (AvgIpc) is 2.53. The number of rotatable bonds is 3. The first-order valence-electron chi connectivity index (χ1n) is 6.18. The minimum absolute atomic E-state index is 0.558. The monoisotopic (exact) mass is 280 g/mol. The maximum Gasteiger partial charge on any atom is 0.131 e. The fourth-order valence-electron chi connectivity index (χ4n) is 1.93. The highest BCUT2D eigenvalue weighted by Crippen LogP contribution is 2.18. The smallest absolute Gasteiger partial charge is 0.131 e. The molecule has 0 aliphatic carbocycles. The summed E-state index contributed by atoms with van der Waals surface area (Å²) in [7, 11) is -1.24. The molecule has 3 rings (SSSR count). The summed E-state index contributed by atoms with van der Waals surface area (Å²) >= 11 is 0. The van der Waals surface area contributed by atoms with Gasteiger partial charge in [-0.3, -0.25) is 4.98 Å². The van der Waals surface area contributed by atoms with E-state index in [2.05, 4.69) is 9.97 Å². The second-order valence-electron chi connectivity index (χ2n) is 4.19. The van der Waals surface area contributed by atoms with Gasteiger partial charge in [-0.05, 0) is 35.9 Å². The van der Waals surface area contributed by atoms with E-state index in [9.17, 15) is 4.21 Å². The zero-order valence-corrected chi connectivity index (χ0v) is 11.5. The van der Waals surface area contributed by atoms with Crippen molar-refractivity contribution in [2.24, 2.45) is 0 Å². The molecule has 0 radical (unpaired) electrons. The molecule has 4 heteroatoms. The van der Waals surface area contributed by atoms with Crippen molar-refractivity contribution >= 4 is 27.8 Å². The number of hydrogen-bond donors (Lipinski definition) is 0. The lowest BCUT2D eigenvalue weighted by Gasteiger charge is -2.00. The first kappa shape index (κ1) is 12.7. The minimum atomic E-state index is -1.24. The molecule has 1 atom stereocenters. The predicted molar refractivity (Wildman–Crippen MR) is 81.4 cm³/mol. The lowest BCUT2D eigenvalue weighted by atomic mass is 10.1. The lowest BCUT2D eigenvalue weighted by Crippen LogP contribution is -1.89. The van der Waals surface area contributed by atoms with E-state index in [-0.39, 0.29) is 0 Å². The molecule has 3 aromatic rings. The fraction of sp³-hybridized carbons (Fsp3) is 0. The predicted octanol–water partition coefficient (Wildman–Crippen LogP) is 3.41. The summed E-state index contributed by atoms with van der Waals surface area (Å²) in [5.74, 6) is 0. The average molecular weight is 280 g/mol. The van der Waals surface area contributed by atoms with Gasteiger partial charge in [0, 0.05) is 23.2 Å². The normalized spacial score (nSPS) is 12.8. The van der Waals surface area contributed by atoms with E-state index in [1.54, 1.807) is 29.9 Å². The topological polar surface area (TPSA) is 42.9 Å². The van der Waals surface area contributed by atoms with Crippen molar-refractivity contribution in [3.63, 3.8) is 0 Å². The van der Waals surface area contributed by atoms with Crippen molar-refractivity contribution in [3.8, 4) is 0 Å². The number of aromatic nitrogens is 2. The van der Waals surface area contributed by atoms with E-state index < -0.39 is 10.8 Å². The number of hydrogen-bond acceptors (Lipinski definition) is 3. The highest BCUT2D eigenvalue weighted by Gasteiger charge is 2.01. The van der Waals surface area contributed by atoms with Gasteiger partial charge >= 0.3 is 0 Å². The third-order valence-corrected chi connectivity index (χ3v) is 3.93. The van der Waals surface area contributed by atoms with Gasteiger partial charge in [0.25, 0.3) is 0 Å². The number of nitrogens with zero attached hydrogens (tertiary/aromatic N) is 2. The Morgan fingerprint density at radius 3 is 2.60 bits per heavy atom. The van der Waals surface area contributed by atoms with Crippen LogP contribution in [0.2, 0.25) is 0 Å². The van der Waals surface area contributed by atoms with Crippen LogP contribution in [0, 0.1) is 0 Å². The Labute approximate surface area is 119 Å². The Bertz CT molecular complexity index is 779. The van der Waals surface area contributed by atoms with Gasteiger partial charge in [-0.1, -0.05) is 24.3 Å². The molecule has 98 valence electrons. The van der Waals surface area contributed by atoms with Gasteiger partial charge in [-0.2, -0.15) is 0 Å². The number of pyridine rings is 2. The molecule has 20 heavy (non-hydrogen) atoms. The number of benzene rings is 1. The Morgan fingerprint density at radius 2 is 1.75 bits per heavy atom. The molecule has 3 nitrogen and oxygen atoms in total. The first-order valence-corrected chi connectivity index (χ1v) is 7.39. The van der Waals surface area contributed by atoms with E-state index in [4.69, 9.17) is 0 Å². The van der Waals surface area contributed by atoms with Crippen molar-refractivity contribution in [2.45, 2.75) is 5.03 Å². The lowest BCUT2D eigenvalue weighted by molar-refractivity contribution is 0.686. The molecule has 0 aliphatic rings. The zero-order valence-electron chi connectivity index (χ0n) is 10.6. The van der Waals surface area contributed by atoms with E-state index in [1.165, 1.54) is 0 Å². The number of fused-ring (bicyclic) bond motifs is 1. The molecular formula is C16H12N2OS. The van der Waals surface area contributed by atoms with Crippen molar-refractivity contribution < 1.29 is 4.21 Å². The Kier molecular flexibility index (Phi) is 3.65. The van der Waals surface area contributed by atoms with Crippen LogP contribution in [0.1, 0.15) is 5.56 Å². The molecule has 1 unspecified atom stereocenters. The summed E-state index contributed by atoms with van der Waals surface area (Å²) in [5.41, 5.74) is 1.93.